The van der Waals surface area contributed by atoms with Crippen molar-refractivity contribution in [3.63, 3.8) is 0 Å². The molecule has 1 saturated heterocycles. The van der Waals surface area contributed by atoms with Gasteiger partial charge in [-0.25, -0.2) is 0 Å². The summed E-state index contributed by atoms with van der Waals surface area (Å²) in [5.41, 5.74) is 1.76. The second-order valence-corrected chi connectivity index (χ2v) is 8.31. The van der Waals surface area contributed by atoms with Crippen LogP contribution in [-0.2, 0) is 4.79 Å². The smallest absolute Gasteiger partial charge is 0.271 e. The first-order valence-corrected chi connectivity index (χ1v) is 10.9. The fourth-order valence-corrected chi connectivity index (χ4v) is 3.90. The van der Waals surface area contributed by atoms with Gasteiger partial charge in [0.25, 0.3) is 5.69 Å². The number of β-amino-alcohol motifs (C(OH)–C–C–N with tert-alkyl or cyclic N) is 1. The number of azo groups is 1. The minimum atomic E-state index is -0.569. The van der Waals surface area contributed by atoms with Crippen molar-refractivity contribution in [2.45, 2.75) is 31.4 Å². The zero-order chi connectivity index (χ0) is 24.0. The second kappa shape index (κ2) is 11.2. The van der Waals surface area contributed by atoms with Crippen LogP contribution in [0, 0.1) is 10.1 Å². The van der Waals surface area contributed by atoms with Gasteiger partial charge in [0.15, 0.2) is 0 Å². The van der Waals surface area contributed by atoms with E-state index >= 15 is 0 Å². The summed E-state index contributed by atoms with van der Waals surface area (Å²) in [4.78, 5) is 26.2. The Hall–Kier alpha value is -3.08. The summed E-state index contributed by atoms with van der Waals surface area (Å²) >= 11 is 6.03. The average molecular weight is 476 g/mol. The van der Waals surface area contributed by atoms with Gasteiger partial charge in [0, 0.05) is 44.4 Å². The minimum Gasteiger partial charge on any atom is -0.394 e. The monoisotopic (exact) mass is 475 g/mol. The largest absolute Gasteiger partial charge is 0.394 e. The van der Waals surface area contributed by atoms with E-state index in [9.17, 15) is 25.1 Å². The van der Waals surface area contributed by atoms with Gasteiger partial charge in [0.1, 0.15) is 5.69 Å². The molecular weight excluding hydrogens is 450 g/mol. The van der Waals surface area contributed by atoms with Crippen LogP contribution in [0.4, 0.5) is 22.7 Å². The average Bonchev–Trinajstić information content (AvgIpc) is 3.19. The van der Waals surface area contributed by atoms with Crippen LogP contribution in [0.2, 0.25) is 5.02 Å². The van der Waals surface area contributed by atoms with Crippen molar-refractivity contribution in [3.8, 4) is 0 Å². The lowest BCUT2D eigenvalue weighted by Crippen LogP contribution is -2.38. The third-order valence-corrected chi connectivity index (χ3v) is 5.82. The molecule has 10 nitrogen and oxygen atoms in total. The molecule has 2 aromatic carbocycles. The topological polar surface area (TPSA) is 132 Å². The Labute approximate surface area is 196 Å². The van der Waals surface area contributed by atoms with Crippen molar-refractivity contribution in [2.75, 3.05) is 31.6 Å². The molecule has 2 unspecified atom stereocenters. The van der Waals surface area contributed by atoms with Crippen molar-refractivity contribution >= 4 is 40.3 Å². The Morgan fingerprint density at radius 1 is 1.27 bits per heavy atom. The molecule has 2 N–H and O–H groups in total. The number of aliphatic hydroxyl groups is 2. The lowest BCUT2D eigenvalue weighted by atomic mass is 10.2. The molecule has 2 aromatic rings. The number of nitrogens with zero attached hydrogens (tertiary/aromatic N) is 5. The molecule has 0 aromatic heterocycles. The molecule has 1 fully saturated rings. The first-order chi connectivity index (χ1) is 15.8. The standard InChI is InChI=1S/C22H26ClN5O5/c1-26(10-2-3-22(31)27-13-19(30)11-18(27)14-29)16-6-4-15(5-7-16)24-25-21-9-8-17(28(32)33)12-20(21)23/h4-9,12,18-19,29-30H,2-3,10-11,13-14H2,1H3/b25-24+. The molecule has 0 saturated carbocycles. The molecular formula is C22H26ClN5O5. The minimum absolute atomic E-state index is 0.0559. The molecule has 1 heterocycles. The molecule has 1 aliphatic heterocycles. The number of anilines is 1. The predicted octanol–water partition coefficient (Wildman–Crippen LogP) is 3.83. The Balaban J connectivity index is 1.51. The number of benzene rings is 2. The van der Waals surface area contributed by atoms with Crippen molar-refractivity contribution in [3.05, 3.63) is 57.6 Å². The molecule has 0 radical (unpaired) electrons. The van der Waals surface area contributed by atoms with E-state index < -0.39 is 11.0 Å². The van der Waals surface area contributed by atoms with Gasteiger partial charge in [0.05, 0.1) is 34.4 Å². The fourth-order valence-electron chi connectivity index (χ4n) is 3.69. The maximum absolute atomic E-state index is 12.4. The van der Waals surface area contributed by atoms with Gasteiger partial charge in [-0.05, 0) is 43.2 Å². The van der Waals surface area contributed by atoms with Crippen molar-refractivity contribution in [1.29, 1.82) is 0 Å². The Kier molecular flexibility index (Phi) is 8.32. The van der Waals surface area contributed by atoms with E-state index in [1.54, 1.807) is 17.0 Å². The highest BCUT2D eigenvalue weighted by molar-refractivity contribution is 6.33. The Morgan fingerprint density at radius 3 is 2.64 bits per heavy atom. The maximum atomic E-state index is 12.4. The summed E-state index contributed by atoms with van der Waals surface area (Å²) in [6, 6.07) is 11.0. The summed E-state index contributed by atoms with van der Waals surface area (Å²) in [6.07, 6.45) is 0.832. The van der Waals surface area contributed by atoms with Crippen LogP contribution in [0.3, 0.4) is 0 Å². The number of hydrogen-bond acceptors (Lipinski definition) is 8. The SMILES string of the molecule is CN(CCCC(=O)N1CC(O)CC1CO)c1ccc(/N=N/c2ccc([N+](=O)[O-])cc2Cl)cc1. The number of halogens is 1. The lowest BCUT2D eigenvalue weighted by molar-refractivity contribution is -0.384. The highest BCUT2D eigenvalue weighted by Gasteiger charge is 2.33. The van der Waals surface area contributed by atoms with E-state index in [1.165, 1.54) is 18.2 Å². The molecule has 1 aliphatic rings. The maximum Gasteiger partial charge on any atom is 0.271 e. The van der Waals surface area contributed by atoms with Gasteiger partial charge >= 0.3 is 0 Å². The highest BCUT2D eigenvalue weighted by Crippen LogP contribution is 2.30. The number of carbonyl (C=O) groups excluding carboxylic acids is 1. The van der Waals surface area contributed by atoms with Crippen molar-refractivity contribution < 1.29 is 19.9 Å². The summed E-state index contributed by atoms with van der Waals surface area (Å²) in [5, 5.41) is 38.2. The summed E-state index contributed by atoms with van der Waals surface area (Å²) in [7, 11) is 1.92. The zero-order valence-corrected chi connectivity index (χ0v) is 18.9. The number of aliphatic hydroxyl groups excluding tert-OH is 2. The van der Waals surface area contributed by atoms with Crippen molar-refractivity contribution in [2.24, 2.45) is 10.2 Å². The fraction of sp³-hybridized carbons (Fsp3) is 0.409. The van der Waals surface area contributed by atoms with E-state index in [1.807, 2.05) is 24.1 Å². The number of non-ortho nitro benzene ring substituents is 1. The molecule has 0 aliphatic carbocycles. The van der Waals surface area contributed by atoms with Crippen LogP contribution < -0.4 is 4.90 Å². The lowest BCUT2D eigenvalue weighted by Gasteiger charge is -2.24. The van der Waals surface area contributed by atoms with E-state index in [0.29, 0.717) is 37.2 Å². The summed E-state index contributed by atoms with van der Waals surface area (Å²) in [5.74, 6) is -0.0559. The Bertz CT molecular complexity index is 1020. The summed E-state index contributed by atoms with van der Waals surface area (Å²) < 4.78 is 0. The predicted molar refractivity (Wildman–Crippen MR) is 124 cm³/mol. The molecule has 0 spiro atoms. The van der Waals surface area contributed by atoms with Crippen LogP contribution in [0.1, 0.15) is 19.3 Å². The molecule has 2 atom stereocenters. The number of amides is 1. The van der Waals surface area contributed by atoms with Gasteiger partial charge in [-0.3, -0.25) is 14.9 Å². The normalized spacial score (nSPS) is 18.1. The second-order valence-electron chi connectivity index (χ2n) is 7.91. The van der Waals surface area contributed by atoms with Gasteiger partial charge in [-0.2, -0.15) is 5.11 Å². The van der Waals surface area contributed by atoms with Gasteiger partial charge < -0.3 is 20.0 Å². The van der Waals surface area contributed by atoms with E-state index in [0.717, 1.165) is 5.69 Å². The van der Waals surface area contributed by atoms with Gasteiger partial charge in [0.2, 0.25) is 5.91 Å². The van der Waals surface area contributed by atoms with Crippen LogP contribution in [0.25, 0.3) is 0 Å². The van der Waals surface area contributed by atoms with Crippen molar-refractivity contribution in [1.82, 2.24) is 4.90 Å². The van der Waals surface area contributed by atoms with Gasteiger partial charge in [-0.1, -0.05) is 11.6 Å². The number of rotatable bonds is 9. The third kappa shape index (κ3) is 6.47. The first kappa shape index (κ1) is 24.6. The molecule has 176 valence electrons. The van der Waals surface area contributed by atoms with E-state index in [-0.39, 0.29) is 35.8 Å². The van der Waals surface area contributed by atoms with Crippen LogP contribution in [-0.4, -0.2) is 64.8 Å². The summed E-state index contributed by atoms with van der Waals surface area (Å²) in [6.45, 7) is 0.801. The van der Waals surface area contributed by atoms with E-state index in [2.05, 4.69) is 10.2 Å². The molecule has 11 heteroatoms. The number of likely N-dealkylation sites (tertiary alicyclic amines) is 1. The molecule has 33 heavy (non-hydrogen) atoms. The van der Waals surface area contributed by atoms with E-state index in [4.69, 9.17) is 11.6 Å². The van der Waals surface area contributed by atoms with Gasteiger partial charge in [-0.15, -0.1) is 5.11 Å². The molecule has 3 rings (SSSR count). The number of carbonyl (C=O) groups is 1. The van der Waals surface area contributed by atoms with Crippen LogP contribution in [0.15, 0.2) is 52.7 Å². The third-order valence-electron chi connectivity index (χ3n) is 5.51. The first-order valence-electron chi connectivity index (χ1n) is 10.5. The zero-order valence-electron chi connectivity index (χ0n) is 18.2. The molecule has 1 amide bonds. The molecule has 0 bridgehead atoms. The number of nitro groups is 1. The number of hydrogen-bond donors (Lipinski definition) is 2. The Morgan fingerprint density at radius 2 is 2.00 bits per heavy atom. The van der Waals surface area contributed by atoms with Crippen LogP contribution in [0.5, 0.6) is 0 Å². The van der Waals surface area contributed by atoms with Crippen LogP contribution >= 0.6 is 11.6 Å². The number of nitro benzene ring substituents is 1. The quantitative estimate of drug-likeness (QED) is 0.322. The highest BCUT2D eigenvalue weighted by atomic mass is 35.5.